The van der Waals surface area contributed by atoms with E-state index in [1.165, 1.54) is 0 Å². The Hall–Kier alpha value is -1.58. The van der Waals surface area contributed by atoms with Crippen LogP contribution in [0, 0.1) is 0 Å². The Balaban J connectivity index is 1.92. The van der Waals surface area contributed by atoms with Gasteiger partial charge in [-0.05, 0) is 47.4 Å². The highest BCUT2D eigenvalue weighted by Crippen LogP contribution is 2.29. The Morgan fingerprint density at radius 2 is 2.00 bits per heavy atom. The quantitative estimate of drug-likeness (QED) is 0.919. The van der Waals surface area contributed by atoms with Crippen LogP contribution in [0.5, 0.6) is 5.75 Å². The molecular formula is C16H18O3. The van der Waals surface area contributed by atoms with Gasteiger partial charge in [-0.25, -0.2) is 0 Å². The number of fused-ring (bicyclic) bond motifs is 1. The van der Waals surface area contributed by atoms with Gasteiger partial charge in [-0.3, -0.25) is 0 Å². The Morgan fingerprint density at radius 1 is 1.21 bits per heavy atom. The normalized spacial score (nSPS) is 20.6. The lowest BCUT2D eigenvalue weighted by Crippen LogP contribution is -2.16. The van der Waals surface area contributed by atoms with Crippen molar-refractivity contribution in [2.24, 2.45) is 0 Å². The highest BCUT2D eigenvalue weighted by Gasteiger charge is 2.25. The van der Waals surface area contributed by atoms with E-state index in [1.807, 2.05) is 36.4 Å². The van der Waals surface area contributed by atoms with Gasteiger partial charge < -0.3 is 14.6 Å². The van der Waals surface area contributed by atoms with Crippen molar-refractivity contribution in [3.8, 4) is 5.75 Å². The second kappa shape index (κ2) is 5.19. The molecule has 3 rings (SSSR count). The largest absolute Gasteiger partial charge is 0.497 e. The molecule has 1 aliphatic rings. The Labute approximate surface area is 112 Å². The van der Waals surface area contributed by atoms with Crippen molar-refractivity contribution in [3.63, 3.8) is 0 Å². The van der Waals surface area contributed by atoms with E-state index in [2.05, 4.69) is 0 Å². The fourth-order valence-corrected chi connectivity index (χ4v) is 2.62. The molecule has 3 heteroatoms. The molecule has 2 unspecified atom stereocenters. The predicted octanol–water partition coefficient (Wildman–Crippen LogP) is 3.06. The average Bonchev–Trinajstić information content (AvgIpc) is 2.99. The standard InChI is InChI=1S/C16H18O3/c1-18-14-7-6-11-9-13(5-4-12(11)10-14)16(17)15-3-2-8-19-15/h4-7,9-10,15-17H,2-3,8H2,1H3. The molecule has 0 bridgehead atoms. The smallest absolute Gasteiger partial charge is 0.119 e. The van der Waals surface area contributed by atoms with Crippen LogP contribution >= 0.6 is 0 Å². The summed E-state index contributed by atoms with van der Waals surface area (Å²) in [4.78, 5) is 0. The molecular weight excluding hydrogens is 240 g/mol. The molecule has 0 aromatic heterocycles. The summed E-state index contributed by atoms with van der Waals surface area (Å²) < 4.78 is 10.8. The van der Waals surface area contributed by atoms with Crippen LogP contribution in [-0.2, 0) is 4.74 Å². The number of aliphatic hydroxyl groups excluding tert-OH is 1. The summed E-state index contributed by atoms with van der Waals surface area (Å²) >= 11 is 0. The maximum Gasteiger partial charge on any atom is 0.119 e. The van der Waals surface area contributed by atoms with E-state index in [-0.39, 0.29) is 6.10 Å². The molecule has 0 aliphatic carbocycles. The minimum atomic E-state index is -0.533. The zero-order valence-corrected chi connectivity index (χ0v) is 11.0. The molecule has 2 aromatic rings. The molecule has 1 saturated heterocycles. The highest BCUT2D eigenvalue weighted by atomic mass is 16.5. The molecule has 2 aromatic carbocycles. The maximum absolute atomic E-state index is 10.3. The lowest BCUT2D eigenvalue weighted by Gasteiger charge is -2.18. The predicted molar refractivity (Wildman–Crippen MR) is 74.4 cm³/mol. The molecule has 2 atom stereocenters. The van der Waals surface area contributed by atoms with Crippen molar-refractivity contribution in [2.45, 2.75) is 25.0 Å². The first-order chi connectivity index (χ1) is 9.28. The summed E-state index contributed by atoms with van der Waals surface area (Å²) in [6, 6.07) is 12.0. The molecule has 0 amide bonds. The van der Waals surface area contributed by atoms with Crippen LogP contribution in [0.2, 0.25) is 0 Å². The molecule has 0 saturated carbocycles. The topological polar surface area (TPSA) is 38.7 Å². The van der Waals surface area contributed by atoms with Crippen molar-refractivity contribution >= 4 is 10.8 Å². The van der Waals surface area contributed by atoms with E-state index in [9.17, 15) is 5.11 Å². The lowest BCUT2D eigenvalue weighted by molar-refractivity contribution is -0.00252. The summed E-state index contributed by atoms with van der Waals surface area (Å²) in [7, 11) is 1.66. The van der Waals surface area contributed by atoms with E-state index in [0.29, 0.717) is 0 Å². The van der Waals surface area contributed by atoms with Gasteiger partial charge in [0.1, 0.15) is 11.9 Å². The molecule has 1 heterocycles. The monoisotopic (exact) mass is 258 g/mol. The van der Waals surface area contributed by atoms with Crippen molar-refractivity contribution in [3.05, 3.63) is 42.0 Å². The van der Waals surface area contributed by atoms with Crippen molar-refractivity contribution in [1.29, 1.82) is 0 Å². The third-order valence-electron chi connectivity index (χ3n) is 3.73. The van der Waals surface area contributed by atoms with E-state index in [0.717, 1.165) is 41.5 Å². The Morgan fingerprint density at radius 3 is 2.74 bits per heavy atom. The zero-order valence-electron chi connectivity index (χ0n) is 11.0. The third-order valence-corrected chi connectivity index (χ3v) is 3.73. The number of aliphatic hydroxyl groups is 1. The number of hydrogen-bond acceptors (Lipinski definition) is 3. The maximum atomic E-state index is 10.3. The summed E-state index contributed by atoms with van der Waals surface area (Å²) in [5.41, 5.74) is 0.921. The van der Waals surface area contributed by atoms with Gasteiger partial charge in [-0.1, -0.05) is 18.2 Å². The average molecular weight is 258 g/mol. The lowest BCUT2D eigenvalue weighted by atomic mass is 9.99. The zero-order chi connectivity index (χ0) is 13.2. The van der Waals surface area contributed by atoms with Crippen LogP contribution in [0.25, 0.3) is 10.8 Å². The summed E-state index contributed by atoms with van der Waals surface area (Å²) in [5, 5.41) is 12.6. The fourth-order valence-electron chi connectivity index (χ4n) is 2.62. The number of ether oxygens (including phenoxy) is 2. The van der Waals surface area contributed by atoms with E-state index in [1.54, 1.807) is 7.11 Å². The van der Waals surface area contributed by atoms with Gasteiger partial charge in [0.2, 0.25) is 0 Å². The molecule has 19 heavy (non-hydrogen) atoms. The molecule has 1 aliphatic heterocycles. The van der Waals surface area contributed by atoms with Crippen LogP contribution in [0.4, 0.5) is 0 Å². The molecule has 3 nitrogen and oxygen atoms in total. The van der Waals surface area contributed by atoms with E-state index >= 15 is 0 Å². The first kappa shape index (κ1) is 12.5. The summed E-state index contributed by atoms with van der Waals surface area (Å²) in [5.74, 6) is 0.847. The van der Waals surface area contributed by atoms with Crippen molar-refractivity contribution in [2.75, 3.05) is 13.7 Å². The van der Waals surface area contributed by atoms with Gasteiger partial charge in [0.05, 0.1) is 13.2 Å². The second-order valence-electron chi connectivity index (χ2n) is 4.97. The van der Waals surface area contributed by atoms with Gasteiger partial charge in [0, 0.05) is 6.61 Å². The van der Waals surface area contributed by atoms with E-state index in [4.69, 9.17) is 9.47 Å². The highest BCUT2D eigenvalue weighted by molar-refractivity contribution is 5.84. The molecule has 1 N–H and O–H groups in total. The van der Waals surface area contributed by atoms with Gasteiger partial charge >= 0.3 is 0 Å². The van der Waals surface area contributed by atoms with Gasteiger partial charge in [-0.15, -0.1) is 0 Å². The number of rotatable bonds is 3. The number of benzene rings is 2. The molecule has 0 spiro atoms. The minimum absolute atomic E-state index is 0.0595. The van der Waals surface area contributed by atoms with Crippen molar-refractivity contribution < 1.29 is 14.6 Å². The summed E-state index contributed by atoms with van der Waals surface area (Å²) in [6.07, 6.45) is 1.37. The number of methoxy groups -OCH3 is 1. The van der Waals surface area contributed by atoms with E-state index < -0.39 is 6.10 Å². The number of hydrogen-bond donors (Lipinski definition) is 1. The van der Waals surface area contributed by atoms with Gasteiger partial charge in [-0.2, -0.15) is 0 Å². The van der Waals surface area contributed by atoms with Crippen molar-refractivity contribution in [1.82, 2.24) is 0 Å². The molecule has 100 valence electrons. The first-order valence-corrected chi connectivity index (χ1v) is 6.65. The molecule has 1 fully saturated rings. The Kier molecular flexibility index (Phi) is 3.40. The van der Waals surface area contributed by atoms with Crippen LogP contribution in [0.15, 0.2) is 36.4 Å². The Bertz CT molecular complexity index is 573. The minimum Gasteiger partial charge on any atom is -0.497 e. The van der Waals surface area contributed by atoms with Crippen LogP contribution in [0.1, 0.15) is 24.5 Å². The SMILES string of the molecule is COc1ccc2cc(C(O)C3CCCO3)ccc2c1. The van der Waals surface area contributed by atoms with Crippen LogP contribution in [0.3, 0.4) is 0 Å². The fraction of sp³-hybridized carbons (Fsp3) is 0.375. The van der Waals surface area contributed by atoms with Crippen LogP contribution in [-0.4, -0.2) is 24.9 Å². The van der Waals surface area contributed by atoms with Gasteiger partial charge in [0.25, 0.3) is 0 Å². The first-order valence-electron chi connectivity index (χ1n) is 6.65. The van der Waals surface area contributed by atoms with Crippen LogP contribution < -0.4 is 4.74 Å². The second-order valence-corrected chi connectivity index (χ2v) is 4.97. The van der Waals surface area contributed by atoms with Gasteiger partial charge in [0.15, 0.2) is 0 Å². The third kappa shape index (κ3) is 2.44. The molecule has 0 radical (unpaired) electrons. The summed E-state index contributed by atoms with van der Waals surface area (Å²) in [6.45, 7) is 0.756.